The van der Waals surface area contributed by atoms with E-state index in [9.17, 15) is 4.79 Å². The molecule has 1 N–H and O–H groups in total. The van der Waals surface area contributed by atoms with Gasteiger partial charge in [0.15, 0.2) is 5.13 Å². The summed E-state index contributed by atoms with van der Waals surface area (Å²) in [5, 5.41) is 3.64. The molecular weight excluding hydrogens is 416 g/mol. The van der Waals surface area contributed by atoms with Crippen molar-refractivity contribution in [2.24, 2.45) is 0 Å². The highest BCUT2D eigenvalue weighted by molar-refractivity contribution is 7.16. The minimum Gasteiger partial charge on any atom is -0.494 e. The molecule has 0 aliphatic rings. The van der Waals surface area contributed by atoms with Gasteiger partial charge in [0.1, 0.15) is 5.75 Å². The molecular formula is C27H26N2O2S. The van der Waals surface area contributed by atoms with Crippen molar-refractivity contribution in [2.45, 2.75) is 26.2 Å². The van der Waals surface area contributed by atoms with Gasteiger partial charge in [0, 0.05) is 22.8 Å². The summed E-state index contributed by atoms with van der Waals surface area (Å²) in [5.41, 5.74) is 4.14. The second-order valence-corrected chi connectivity index (χ2v) is 8.71. The van der Waals surface area contributed by atoms with E-state index in [1.54, 1.807) is 0 Å². The van der Waals surface area contributed by atoms with Gasteiger partial charge < -0.3 is 10.1 Å². The number of benzene rings is 3. The van der Waals surface area contributed by atoms with Crippen molar-refractivity contribution in [1.82, 2.24) is 4.98 Å². The highest BCUT2D eigenvalue weighted by Crippen LogP contribution is 2.33. The first-order chi connectivity index (χ1) is 15.6. The number of anilines is 1. The summed E-state index contributed by atoms with van der Waals surface area (Å²) in [4.78, 5) is 18.7. The zero-order chi connectivity index (χ0) is 22.3. The molecule has 162 valence electrons. The van der Waals surface area contributed by atoms with Crippen LogP contribution in [-0.4, -0.2) is 17.5 Å². The number of amides is 1. The van der Waals surface area contributed by atoms with Crippen molar-refractivity contribution in [3.05, 3.63) is 101 Å². The number of carbonyl (C=O) groups excluding carboxylic acids is 1. The fraction of sp³-hybridized carbons (Fsp3) is 0.185. The number of nitrogens with one attached hydrogen (secondary N) is 1. The van der Waals surface area contributed by atoms with Gasteiger partial charge in [-0.1, -0.05) is 60.7 Å². The maximum absolute atomic E-state index is 13.0. The van der Waals surface area contributed by atoms with Crippen LogP contribution in [0.4, 0.5) is 5.13 Å². The van der Waals surface area contributed by atoms with Crippen molar-refractivity contribution >= 4 is 22.4 Å². The summed E-state index contributed by atoms with van der Waals surface area (Å²) in [6.07, 6.45) is 0.352. The number of ether oxygens (including phenoxy) is 1. The standard InChI is InChI=1S/C27H26N2O2S/c1-3-31-23-16-14-22(15-17-23)26-19(2)32-27(29-26)28-25(30)18-24(20-10-6-4-7-11-20)21-12-8-5-9-13-21/h4-17,24H,3,18H2,1-2H3,(H,28,29,30). The zero-order valence-corrected chi connectivity index (χ0v) is 19.1. The predicted molar refractivity (Wildman–Crippen MR) is 131 cm³/mol. The molecule has 0 fully saturated rings. The van der Waals surface area contributed by atoms with Crippen LogP contribution in [0.15, 0.2) is 84.9 Å². The lowest BCUT2D eigenvalue weighted by molar-refractivity contribution is -0.116. The molecule has 0 bridgehead atoms. The second kappa shape index (κ2) is 10.2. The summed E-state index contributed by atoms with van der Waals surface area (Å²) in [7, 11) is 0. The number of aryl methyl sites for hydroxylation is 1. The van der Waals surface area contributed by atoms with Crippen molar-refractivity contribution in [3.63, 3.8) is 0 Å². The van der Waals surface area contributed by atoms with E-state index in [1.165, 1.54) is 11.3 Å². The Morgan fingerprint density at radius 1 is 0.938 bits per heavy atom. The van der Waals surface area contributed by atoms with Gasteiger partial charge >= 0.3 is 0 Å². The molecule has 0 atom stereocenters. The van der Waals surface area contributed by atoms with Crippen LogP contribution in [0.2, 0.25) is 0 Å². The van der Waals surface area contributed by atoms with Crippen LogP contribution in [0.25, 0.3) is 11.3 Å². The number of hydrogen-bond acceptors (Lipinski definition) is 4. The Bertz CT molecular complexity index is 1120. The molecule has 5 heteroatoms. The number of nitrogens with zero attached hydrogens (tertiary/aromatic N) is 1. The normalized spacial score (nSPS) is 10.8. The smallest absolute Gasteiger partial charge is 0.227 e. The first-order valence-corrected chi connectivity index (χ1v) is 11.6. The number of hydrogen-bond donors (Lipinski definition) is 1. The van der Waals surface area contributed by atoms with Crippen LogP contribution in [0.5, 0.6) is 5.75 Å². The summed E-state index contributed by atoms with van der Waals surface area (Å²) >= 11 is 1.50. The molecule has 0 radical (unpaired) electrons. The minimum absolute atomic E-state index is 0.0101. The van der Waals surface area contributed by atoms with Crippen molar-refractivity contribution < 1.29 is 9.53 Å². The molecule has 4 rings (SSSR count). The molecule has 0 spiro atoms. The largest absolute Gasteiger partial charge is 0.494 e. The fourth-order valence-electron chi connectivity index (χ4n) is 3.75. The average molecular weight is 443 g/mol. The monoisotopic (exact) mass is 442 g/mol. The Kier molecular flexibility index (Phi) is 6.97. The van der Waals surface area contributed by atoms with Gasteiger partial charge in [0.25, 0.3) is 0 Å². The number of rotatable bonds is 8. The lowest BCUT2D eigenvalue weighted by Crippen LogP contribution is -2.16. The molecule has 32 heavy (non-hydrogen) atoms. The highest BCUT2D eigenvalue weighted by Gasteiger charge is 2.19. The van der Waals surface area contributed by atoms with Gasteiger partial charge in [-0.3, -0.25) is 4.79 Å². The molecule has 0 saturated carbocycles. The third-order valence-electron chi connectivity index (χ3n) is 5.28. The zero-order valence-electron chi connectivity index (χ0n) is 18.2. The number of carbonyl (C=O) groups is 1. The van der Waals surface area contributed by atoms with Crippen LogP contribution in [0, 0.1) is 6.92 Å². The van der Waals surface area contributed by atoms with Crippen LogP contribution in [-0.2, 0) is 4.79 Å². The third-order valence-corrected chi connectivity index (χ3v) is 6.16. The molecule has 0 saturated heterocycles. The van der Waals surface area contributed by atoms with Crippen molar-refractivity contribution in [3.8, 4) is 17.0 Å². The summed E-state index contributed by atoms with van der Waals surface area (Å²) in [6, 6.07) is 28.2. The lowest BCUT2D eigenvalue weighted by Gasteiger charge is -2.17. The lowest BCUT2D eigenvalue weighted by atomic mass is 9.88. The second-order valence-electron chi connectivity index (χ2n) is 7.51. The van der Waals surface area contributed by atoms with Crippen molar-refractivity contribution in [1.29, 1.82) is 0 Å². The average Bonchev–Trinajstić information content (AvgIpc) is 3.19. The third kappa shape index (κ3) is 5.24. The van der Waals surface area contributed by atoms with E-state index >= 15 is 0 Å². The maximum Gasteiger partial charge on any atom is 0.227 e. The SMILES string of the molecule is CCOc1ccc(-c2nc(NC(=O)CC(c3ccccc3)c3ccccc3)sc2C)cc1. The van der Waals surface area contributed by atoms with Gasteiger partial charge in [-0.2, -0.15) is 0 Å². The topological polar surface area (TPSA) is 51.2 Å². The maximum atomic E-state index is 13.0. The van der Waals surface area contributed by atoms with E-state index in [0.717, 1.165) is 33.0 Å². The van der Waals surface area contributed by atoms with E-state index in [-0.39, 0.29) is 11.8 Å². The molecule has 1 amide bonds. The van der Waals surface area contributed by atoms with Gasteiger partial charge in [-0.15, -0.1) is 11.3 Å². The molecule has 0 aliphatic carbocycles. The Hall–Kier alpha value is -3.44. The summed E-state index contributed by atoms with van der Waals surface area (Å²) in [5.74, 6) is 0.782. The molecule has 4 aromatic rings. The first-order valence-electron chi connectivity index (χ1n) is 10.7. The molecule has 3 aromatic carbocycles. The number of aromatic nitrogens is 1. The van der Waals surface area contributed by atoms with E-state index in [2.05, 4.69) is 29.6 Å². The van der Waals surface area contributed by atoms with Gasteiger partial charge in [-0.25, -0.2) is 4.98 Å². The molecule has 1 heterocycles. The Labute approximate surface area is 192 Å². The predicted octanol–water partition coefficient (Wildman–Crippen LogP) is 6.68. The molecule has 0 aliphatic heterocycles. The first kappa shape index (κ1) is 21.8. The highest BCUT2D eigenvalue weighted by atomic mass is 32.1. The van der Waals surface area contributed by atoms with Crippen LogP contribution >= 0.6 is 11.3 Å². The number of thiazole rings is 1. The van der Waals surface area contributed by atoms with Crippen LogP contribution in [0.1, 0.15) is 35.3 Å². The van der Waals surface area contributed by atoms with Gasteiger partial charge in [0.05, 0.1) is 12.3 Å². The van der Waals surface area contributed by atoms with Crippen LogP contribution < -0.4 is 10.1 Å². The minimum atomic E-state index is -0.0466. The van der Waals surface area contributed by atoms with E-state index in [0.29, 0.717) is 18.2 Å². The van der Waals surface area contributed by atoms with Crippen LogP contribution in [0.3, 0.4) is 0 Å². The van der Waals surface area contributed by atoms with Gasteiger partial charge in [0.2, 0.25) is 5.91 Å². The van der Waals surface area contributed by atoms with Gasteiger partial charge in [-0.05, 0) is 49.2 Å². The fourth-order valence-corrected chi connectivity index (χ4v) is 4.60. The summed E-state index contributed by atoms with van der Waals surface area (Å²) in [6.45, 7) is 4.63. The molecule has 0 unspecified atom stereocenters. The van der Waals surface area contributed by atoms with E-state index in [1.807, 2.05) is 74.5 Å². The van der Waals surface area contributed by atoms with E-state index in [4.69, 9.17) is 9.72 Å². The Morgan fingerprint density at radius 2 is 1.53 bits per heavy atom. The Balaban J connectivity index is 1.50. The molecule has 1 aromatic heterocycles. The van der Waals surface area contributed by atoms with E-state index < -0.39 is 0 Å². The Morgan fingerprint density at radius 3 is 2.09 bits per heavy atom. The summed E-state index contributed by atoms with van der Waals surface area (Å²) < 4.78 is 5.52. The molecule has 4 nitrogen and oxygen atoms in total. The quantitative estimate of drug-likeness (QED) is 0.331. The van der Waals surface area contributed by atoms with Crippen molar-refractivity contribution in [2.75, 3.05) is 11.9 Å².